The summed E-state index contributed by atoms with van der Waals surface area (Å²) in [6, 6.07) is 11.7. The van der Waals surface area contributed by atoms with Gasteiger partial charge in [-0.15, -0.1) is 11.8 Å². The normalized spacial score (nSPS) is 10.9. The van der Waals surface area contributed by atoms with Crippen LogP contribution < -0.4 is 5.32 Å². The number of carbonyl (C=O) groups is 1. The van der Waals surface area contributed by atoms with Crippen LogP contribution >= 0.6 is 23.1 Å². The Balaban J connectivity index is 1.91. The van der Waals surface area contributed by atoms with E-state index in [2.05, 4.69) is 29.4 Å². The molecule has 0 saturated heterocycles. The molecule has 22 heavy (non-hydrogen) atoms. The summed E-state index contributed by atoms with van der Waals surface area (Å²) < 4.78 is 1.13. The summed E-state index contributed by atoms with van der Waals surface area (Å²) in [6.07, 6.45) is 2.00. The fourth-order valence-corrected chi connectivity index (χ4v) is 3.71. The molecule has 0 unspecified atom stereocenters. The minimum absolute atomic E-state index is 0.120. The van der Waals surface area contributed by atoms with Crippen molar-refractivity contribution < 1.29 is 4.79 Å². The fraction of sp³-hybridized carbons (Fsp3) is 0.176. The van der Waals surface area contributed by atoms with Gasteiger partial charge in [-0.1, -0.05) is 29.5 Å². The van der Waals surface area contributed by atoms with Crippen LogP contribution in [0.1, 0.15) is 21.5 Å². The molecule has 1 aromatic heterocycles. The van der Waals surface area contributed by atoms with Gasteiger partial charge in [0.05, 0.1) is 10.2 Å². The van der Waals surface area contributed by atoms with E-state index in [0.29, 0.717) is 10.7 Å². The van der Waals surface area contributed by atoms with Crippen LogP contribution in [-0.2, 0) is 0 Å². The molecule has 0 bridgehead atoms. The highest BCUT2D eigenvalue weighted by Gasteiger charge is 2.12. The maximum Gasteiger partial charge on any atom is 0.257 e. The number of rotatable bonds is 3. The molecular weight excluding hydrogens is 312 g/mol. The molecule has 3 rings (SSSR count). The van der Waals surface area contributed by atoms with E-state index in [0.717, 1.165) is 20.7 Å². The van der Waals surface area contributed by atoms with Gasteiger partial charge in [0.1, 0.15) is 0 Å². The number of nitrogens with zero attached hydrogens (tertiary/aromatic N) is 1. The first-order valence-corrected chi connectivity index (χ1v) is 8.95. The summed E-state index contributed by atoms with van der Waals surface area (Å²) in [6.45, 7) is 4.10. The number of thioether (sulfide) groups is 1. The predicted molar refractivity (Wildman–Crippen MR) is 95.3 cm³/mol. The lowest BCUT2D eigenvalue weighted by atomic mass is 10.1. The van der Waals surface area contributed by atoms with Gasteiger partial charge < -0.3 is 0 Å². The van der Waals surface area contributed by atoms with E-state index < -0.39 is 0 Å². The number of hydrogen-bond donors (Lipinski definition) is 1. The first kappa shape index (κ1) is 15.1. The summed E-state index contributed by atoms with van der Waals surface area (Å²) >= 11 is 3.14. The number of amides is 1. The van der Waals surface area contributed by atoms with E-state index in [1.165, 1.54) is 16.9 Å². The Hall–Kier alpha value is -1.85. The highest BCUT2D eigenvalue weighted by Crippen LogP contribution is 2.31. The van der Waals surface area contributed by atoms with Crippen LogP contribution in [0.5, 0.6) is 0 Å². The minimum Gasteiger partial charge on any atom is -0.298 e. The van der Waals surface area contributed by atoms with Crippen molar-refractivity contribution in [3.05, 3.63) is 53.1 Å². The van der Waals surface area contributed by atoms with Crippen LogP contribution in [0.15, 0.2) is 41.3 Å². The van der Waals surface area contributed by atoms with Crippen LogP contribution in [0.4, 0.5) is 5.13 Å². The van der Waals surface area contributed by atoms with Crippen LogP contribution in [0, 0.1) is 13.8 Å². The molecule has 5 heteroatoms. The van der Waals surface area contributed by atoms with Gasteiger partial charge in [0.15, 0.2) is 5.13 Å². The fourth-order valence-electron chi connectivity index (χ4n) is 2.25. The Morgan fingerprint density at radius 1 is 1.18 bits per heavy atom. The molecule has 0 aliphatic carbocycles. The second-order valence-electron chi connectivity index (χ2n) is 5.08. The van der Waals surface area contributed by atoms with Crippen LogP contribution in [0.25, 0.3) is 10.2 Å². The van der Waals surface area contributed by atoms with Gasteiger partial charge >= 0.3 is 0 Å². The molecule has 0 aliphatic rings. The average molecular weight is 328 g/mol. The lowest BCUT2D eigenvalue weighted by Crippen LogP contribution is -2.11. The van der Waals surface area contributed by atoms with Crippen molar-refractivity contribution in [3.63, 3.8) is 0 Å². The molecule has 0 atom stereocenters. The Kier molecular flexibility index (Phi) is 4.18. The van der Waals surface area contributed by atoms with Crippen LogP contribution in [0.2, 0.25) is 0 Å². The van der Waals surface area contributed by atoms with Crippen molar-refractivity contribution in [2.75, 3.05) is 11.6 Å². The van der Waals surface area contributed by atoms with Crippen molar-refractivity contribution in [2.45, 2.75) is 18.7 Å². The van der Waals surface area contributed by atoms with Crippen LogP contribution in [-0.4, -0.2) is 17.1 Å². The number of benzene rings is 2. The molecule has 2 aromatic carbocycles. The van der Waals surface area contributed by atoms with Gasteiger partial charge in [-0.25, -0.2) is 4.98 Å². The third-order valence-electron chi connectivity index (χ3n) is 3.49. The average Bonchev–Trinajstić information content (AvgIpc) is 2.96. The Bertz CT molecular complexity index is 816. The number of hydrogen-bond acceptors (Lipinski definition) is 4. The molecule has 0 fully saturated rings. The maximum absolute atomic E-state index is 12.4. The van der Waals surface area contributed by atoms with Gasteiger partial charge in [-0.2, -0.15) is 0 Å². The van der Waals surface area contributed by atoms with Crippen molar-refractivity contribution in [1.29, 1.82) is 0 Å². The quantitative estimate of drug-likeness (QED) is 0.696. The topological polar surface area (TPSA) is 42.0 Å². The van der Waals surface area contributed by atoms with Crippen molar-refractivity contribution in [3.8, 4) is 0 Å². The number of nitrogens with one attached hydrogen (secondary N) is 1. The monoisotopic (exact) mass is 328 g/mol. The maximum atomic E-state index is 12.4. The van der Waals surface area contributed by atoms with E-state index in [-0.39, 0.29) is 5.91 Å². The number of aromatic nitrogens is 1. The molecule has 0 radical (unpaired) electrons. The standard InChI is InChI=1S/C17H16N2OS2/c1-10-7-8-11(2)15-14(10)18-17(22-15)19-16(20)12-5-4-6-13(9-12)21-3/h4-9H,1-3H3,(H,18,19,20). The van der Waals surface area contributed by atoms with Gasteiger partial charge in [0.25, 0.3) is 5.91 Å². The van der Waals surface area contributed by atoms with E-state index in [4.69, 9.17) is 0 Å². The zero-order chi connectivity index (χ0) is 15.7. The Labute approximate surface area is 137 Å². The summed E-state index contributed by atoms with van der Waals surface area (Å²) in [5.74, 6) is -0.120. The summed E-state index contributed by atoms with van der Waals surface area (Å²) in [5.41, 5.74) is 3.93. The van der Waals surface area contributed by atoms with Crippen molar-refractivity contribution >= 4 is 44.4 Å². The third kappa shape index (κ3) is 2.87. The second-order valence-corrected chi connectivity index (χ2v) is 6.96. The molecular formula is C17H16N2OS2. The van der Waals surface area contributed by atoms with E-state index >= 15 is 0 Å². The summed E-state index contributed by atoms with van der Waals surface area (Å²) in [5, 5.41) is 3.56. The van der Waals surface area contributed by atoms with Gasteiger partial charge in [0.2, 0.25) is 0 Å². The van der Waals surface area contributed by atoms with Gasteiger partial charge in [-0.3, -0.25) is 10.1 Å². The van der Waals surface area contributed by atoms with Crippen LogP contribution in [0.3, 0.4) is 0 Å². The lowest BCUT2D eigenvalue weighted by molar-refractivity contribution is 0.102. The molecule has 3 nitrogen and oxygen atoms in total. The zero-order valence-electron chi connectivity index (χ0n) is 12.6. The molecule has 0 spiro atoms. The third-order valence-corrected chi connectivity index (χ3v) is 5.33. The van der Waals surface area contributed by atoms with Gasteiger partial charge in [-0.05, 0) is 49.4 Å². The Morgan fingerprint density at radius 2 is 1.95 bits per heavy atom. The van der Waals surface area contributed by atoms with Crippen molar-refractivity contribution in [1.82, 2.24) is 4.98 Å². The largest absolute Gasteiger partial charge is 0.298 e. The van der Waals surface area contributed by atoms with Gasteiger partial charge in [0, 0.05) is 10.5 Å². The predicted octanol–water partition coefficient (Wildman–Crippen LogP) is 4.89. The summed E-state index contributed by atoms with van der Waals surface area (Å²) in [7, 11) is 0. The number of anilines is 1. The number of thiazole rings is 1. The molecule has 1 heterocycles. The van der Waals surface area contributed by atoms with Crippen molar-refractivity contribution in [2.24, 2.45) is 0 Å². The SMILES string of the molecule is CSc1cccc(C(=O)Nc2nc3c(C)ccc(C)c3s2)c1. The highest BCUT2D eigenvalue weighted by atomic mass is 32.2. The molecule has 0 saturated carbocycles. The first-order chi connectivity index (χ1) is 10.6. The number of fused-ring (bicyclic) bond motifs is 1. The Morgan fingerprint density at radius 3 is 2.68 bits per heavy atom. The molecule has 1 amide bonds. The summed E-state index contributed by atoms with van der Waals surface area (Å²) in [4.78, 5) is 18.0. The van der Waals surface area contributed by atoms with E-state index in [1.807, 2.05) is 37.4 Å². The highest BCUT2D eigenvalue weighted by molar-refractivity contribution is 7.98. The smallest absolute Gasteiger partial charge is 0.257 e. The first-order valence-electron chi connectivity index (χ1n) is 6.90. The molecule has 1 N–H and O–H groups in total. The minimum atomic E-state index is -0.120. The number of carbonyl (C=O) groups excluding carboxylic acids is 1. The zero-order valence-corrected chi connectivity index (χ0v) is 14.3. The lowest BCUT2D eigenvalue weighted by Gasteiger charge is -2.03. The van der Waals surface area contributed by atoms with E-state index in [1.54, 1.807) is 11.8 Å². The molecule has 112 valence electrons. The molecule has 0 aliphatic heterocycles. The van der Waals surface area contributed by atoms with E-state index in [9.17, 15) is 4.79 Å². The molecule has 3 aromatic rings. The second kappa shape index (κ2) is 6.10. The number of aryl methyl sites for hydroxylation is 2.